The standard InChI is InChI=1S/C13H19FN2O2S/c1-16(9-10-4-2-3-5-10)19(17,18)13-7-11(14)6-12(15)8-13/h6-8,10H,2-5,9,15H2,1H3. The van der Waals surface area contributed by atoms with E-state index in [0.717, 1.165) is 37.8 Å². The van der Waals surface area contributed by atoms with Crippen LogP contribution in [-0.2, 0) is 10.0 Å². The minimum atomic E-state index is -3.66. The van der Waals surface area contributed by atoms with Crippen LogP contribution in [-0.4, -0.2) is 26.3 Å². The summed E-state index contributed by atoms with van der Waals surface area (Å²) >= 11 is 0. The Balaban J connectivity index is 2.20. The van der Waals surface area contributed by atoms with Crippen molar-refractivity contribution in [1.82, 2.24) is 4.31 Å². The number of benzene rings is 1. The van der Waals surface area contributed by atoms with Gasteiger partial charge in [-0.2, -0.15) is 0 Å². The maximum absolute atomic E-state index is 13.3. The molecule has 4 nitrogen and oxygen atoms in total. The molecule has 1 aromatic carbocycles. The second kappa shape index (κ2) is 5.46. The van der Waals surface area contributed by atoms with Crippen LogP contribution in [0.4, 0.5) is 10.1 Å². The summed E-state index contributed by atoms with van der Waals surface area (Å²) in [6.45, 7) is 0.485. The van der Waals surface area contributed by atoms with Crippen LogP contribution in [0.2, 0.25) is 0 Å². The quantitative estimate of drug-likeness (QED) is 0.863. The highest BCUT2D eigenvalue weighted by molar-refractivity contribution is 7.89. The van der Waals surface area contributed by atoms with Crippen molar-refractivity contribution < 1.29 is 12.8 Å². The highest BCUT2D eigenvalue weighted by Crippen LogP contribution is 2.27. The molecule has 0 heterocycles. The number of anilines is 1. The monoisotopic (exact) mass is 286 g/mol. The average Bonchev–Trinajstić information content (AvgIpc) is 2.80. The van der Waals surface area contributed by atoms with Crippen molar-refractivity contribution in [3.8, 4) is 0 Å². The zero-order valence-corrected chi connectivity index (χ0v) is 11.8. The molecule has 0 atom stereocenters. The molecule has 1 aliphatic carbocycles. The predicted molar refractivity (Wildman–Crippen MR) is 72.6 cm³/mol. The minimum absolute atomic E-state index is 0.0782. The van der Waals surface area contributed by atoms with Crippen LogP contribution in [0, 0.1) is 11.7 Å². The second-order valence-corrected chi connectivity index (χ2v) is 7.20. The second-order valence-electron chi connectivity index (χ2n) is 5.16. The van der Waals surface area contributed by atoms with E-state index >= 15 is 0 Å². The molecule has 0 bridgehead atoms. The summed E-state index contributed by atoms with van der Waals surface area (Å²) in [7, 11) is -2.12. The van der Waals surface area contributed by atoms with E-state index in [1.807, 2.05) is 0 Å². The lowest BCUT2D eigenvalue weighted by atomic mass is 10.1. The molecule has 0 amide bonds. The number of halogens is 1. The molecule has 0 unspecified atom stereocenters. The lowest BCUT2D eigenvalue weighted by molar-refractivity contribution is 0.387. The molecule has 1 aromatic rings. The van der Waals surface area contributed by atoms with Crippen LogP contribution in [0.15, 0.2) is 23.1 Å². The van der Waals surface area contributed by atoms with Gasteiger partial charge in [0.25, 0.3) is 0 Å². The molecule has 19 heavy (non-hydrogen) atoms. The average molecular weight is 286 g/mol. The molecule has 6 heteroatoms. The molecule has 1 fully saturated rings. The Morgan fingerprint density at radius 1 is 1.32 bits per heavy atom. The molecular weight excluding hydrogens is 267 g/mol. The molecule has 106 valence electrons. The fourth-order valence-corrected chi connectivity index (χ4v) is 3.88. The van der Waals surface area contributed by atoms with Crippen molar-refractivity contribution in [1.29, 1.82) is 0 Å². The molecule has 0 saturated heterocycles. The van der Waals surface area contributed by atoms with Crippen LogP contribution in [0.5, 0.6) is 0 Å². The number of hydrogen-bond donors (Lipinski definition) is 1. The van der Waals surface area contributed by atoms with E-state index in [4.69, 9.17) is 5.73 Å². The topological polar surface area (TPSA) is 63.4 Å². The smallest absolute Gasteiger partial charge is 0.243 e. The highest BCUT2D eigenvalue weighted by Gasteiger charge is 2.26. The third-order valence-corrected chi connectivity index (χ3v) is 5.39. The van der Waals surface area contributed by atoms with E-state index in [1.165, 1.54) is 17.4 Å². The minimum Gasteiger partial charge on any atom is -0.399 e. The summed E-state index contributed by atoms with van der Waals surface area (Å²) in [4.78, 5) is -0.0782. The third-order valence-electron chi connectivity index (χ3n) is 3.59. The molecule has 0 aliphatic heterocycles. The van der Waals surface area contributed by atoms with Gasteiger partial charge in [0.2, 0.25) is 10.0 Å². The summed E-state index contributed by atoms with van der Waals surface area (Å²) in [5.41, 5.74) is 5.62. The van der Waals surface area contributed by atoms with Crippen molar-refractivity contribution in [3.63, 3.8) is 0 Å². The third kappa shape index (κ3) is 3.25. The first-order valence-corrected chi connectivity index (χ1v) is 7.86. The van der Waals surface area contributed by atoms with Crippen LogP contribution in [0.25, 0.3) is 0 Å². The van der Waals surface area contributed by atoms with Gasteiger partial charge in [0.1, 0.15) is 5.82 Å². The zero-order valence-electron chi connectivity index (χ0n) is 11.0. The predicted octanol–water partition coefficient (Wildman–Crippen LogP) is 2.22. The normalized spacial score (nSPS) is 17.2. The van der Waals surface area contributed by atoms with E-state index in [9.17, 15) is 12.8 Å². The highest BCUT2D eigenvalue weighted by atomic mass is 32.2. The van der Waals surface area contributed by atoms with Gasteiger partial charge in [-0.1, -0.05) is 12.8 Å². The van der Waals surface area contributed by atoms with Gasteiger partial charge in [-0.05, 0) is 37.0 Å². The summed E-state index contributed by atoms with van der Waals surface area (Å²) in [6.07, 6.45) is 4.44. The lowest BCUT2D eigenvalue weighted by Gasteiger charge is -2.21. The molecule has 1 saturated carbocycles. The van der Waals surface area contributed by atoms with Gasteiger partial charge in [0, 0.05) is 19.3 Å². The van der Waals surface area contributed by atoms with E-state index in [2.05, 4.69) is 0 Å². The van der Waals surface area contributed by atoms with Crippen LogP contribution < -0.4 is 5.73 Å². The van der Waals surface area contributed by atoms with E-state index < -0.39 is 15.8 Å². The number of nitrogens with two attached hydrogens (primary N) is 1. The Hall–Kier alpha value is -1.14. The van der Waals surface area contributed by atoms with Gasteiger partial charge in [-0.15, -0.1) is 0 Å². The van der Waals surface area contributed by atoms with Crippen molar-refractivity contribution in [2.75, 3.05) is 19.3 Å². The fraction of sp³-hybridized carbons (Fsp3) is 0.538. The van der Waals surface area contributed by atoms with Crippen LogP contribution in [0.1, 0.15) is 25.7 Å². The molecule has 1 aliphatic rings. The maximum Gasteiger partial charge on any atom is 0.243 e. The Kier molecular flexibility index (Phi) is 4.10. The van der Waals surface area contributed by atoms with Gasteiger partial charge < -0.3 is 5.73 Å². The van der Waals surface area contributed by atoms with Crippen molar-refractivity contribution in [3.05, 3.63) is 24.0 Å². The fourth-order valence-electron chi connectivity index (χ4n) is 2.57. The molecule has 0 aromatic heterocycles. The van der Waals surface area contributed by atoms with Gasteiger partial charge >= 0.3 is 0 Å². The summed E-state index contributed by atoms with van der Waals surface area (Å²) in [5.74, 6) is -0.224. The molecular formula is C13H19FN2O2S. The SMILES string of the molecule is CN(CC1CCCC1)S(=O)(=O)c1cc(N)cc(F)c1. The first-order chi connectivity index (χ1) is 8.89. The van der Waals surface area contributed by atoms with Crippen LogP contribution in [0.3, 0.4) is 0 Å². The Morgan fingerprint density at radius 2 is 1.95 bits per heavy atom. The first-order valence-electron chi connectivity index (χ1n) is 6.42. The van der Waals surface area contributed by atoms with Crippen molar-refractivity contribution in [2.45, 2.75) is 30.6 Å². The van der Waals surface area contributed by atoms with E-state index in [-0.39, 0.29) is 10.6 Å². The number of sulfonamides is 1. The lowest BCUT2D eigenvalue weighted by Crippen LogP contribution is -2.31. The number of nitrogens with zero attached hydrogens (tertiary/aromatic N) is 1. The summed E-state index contributed by atoms with van der Waals surface area (Å²) in [6, 6.07) is 3.41. The van der Waals surface area contributed by atoms with E-state index in [1.54, 1.807) is 0 Å². The van der Waals surface area contributed by atoms with E-state index in [0.29, 0.717) is 12.5 Å². The molecule has 0 spiro atoms. The Bertz CT molecular complexity index is 534. The van der Waals surface area contributed by atoms with Gasteiger partial charge in [-0.25, -0.2) is 17.1 Å². The molecule has 2 rings (SSSR count). The summed E-state index contributed by atoms with van der Waals surface area (Å²) < 4.78 is 39.2. The maximum atomic E-state index is 13.3. The number of rotatable bonds is 4. The number of hydrogen-bond acceptors (Lipinski definition) is 3. The van der Waals surface area contributed by atoms with Crippen LogP contribution >= 0.6 is 0 Å². The van der Waals surface area contributed by atoms with Gasteiger partial charge in [-0.3, -0.25) is 0 Å². The van der Waals surface area contributed by atoms with Crippen molar-refractivity contribution >= 4 is 15.7 Å². The molecule has 2 N–H and O–H groups in total. The zero-order chi connectivity index (χ0) is 14.0. The Labute approximate surface area is 113 Å². The van der Waals surface area contributed by atoms with Gasteiger partial charge in [0.05, 0.1) is 4.90 Å². The van der Waals surface area contributed by atoms with Crippen molar-refractivity contribution in [2.24, 2.45) is 5.92 Å². The largest absolute Gasteiger partial charge is 0.399 e. The van der Waals surface area contributed by atoms with Gasteiger partial charge in [0.15, 0.2) is 0 Å². The Morgan fingerprint density at radius 3 is 2.53 bits per heavy atom. The first kappa shape index (κ1) is 14.3. The molecule has 0 radical (unpaired) electrons. The summed E-state index contributed by atoms with van der Waals surface area (Å²) in [5, 5.41) is 0. The number of nitrogen functional groups attached to an aromatic ring is 1.